The van der Waals surface area contributed by atoms with E-state index < -0.39 is 5.66 Å². The van der Waals surface area contributed by atoms with Crippen LogP contribution in [0.25, 0.3) is 10.6 Å². The van der Waals surface area contributed by atoms with Gasteiger partial charge in [-0.05, 0) is 25.0 Å². The molecule has 1 aliphatic carbocycles. The maximum absolute atomic E-state index is 6.71. The molecular formula is C14H18N6S. The molecule has 0 saturated heterocycles. The van der Waals surface area contributed by atoms with E-state index in [1.165, 1.54) is 12.8 Å². The smallest absolute Gasteiger partial charge is 0.195 e. The van der Waals surface area contributed by atoms with Crippen molar-refractivity contribution in [2.24, 2.45) is 22.4 Å². The normalized spacial score (nSPS) is 25.5. The summed E-state index contributed by atoms with van der Waals surface area (Å²) in [4.78, 5) is 6.75. The average molecular weight is 302 g/mol. The van der Waals surface area contributed by atoms with Crippen molar-refractivity contribution < 1.29 is 0 Å². The monoisotopic (exact) mass is 302 g/mol. The van der Waals surface area contributed by atoms with Crippen molar-refractivity contribution in [1.29, 1.82) is 0 Å². The molecule has 2 aromatic heterocycles. The second-order valence-corrected chi connectivity index (χ2v) is 6.80. The van der Waals surface area contributed by atoms with Crippen LogP contribution in [-0.2, 0) is 5.66 Å². The molecule has 4 rings (SSSR count). The van der Waals surface area contributed by atoms with Gasteiger partial charge in [-0.25, -0.2) is 4.99 Å². The highest BCUT2D eigenvalue weighted by atomic mass is 32.1. The number of anilines is 1. The molecule has 0 radical (unpaired) electrons. The summed E-state index contributed by atoms with van der Waals surface area (Å²) < 4.78 is 0. The Morgan fingerprint density at radius 3 is 2.86 bits per heavy atom. The van der Waals surface area contributed by atoms with Gasteiger partial charge in [0.25, 0.3) is 0 Å². The number of guanidine groups is 1. The van der Waals surface area contributed by atoms with Crippen LogP contribution in [0.3, 0.4) is 0 Å². The summed E-state index contributed by atoms with van der Waals surface area (Å²) in [7, 11) is 0. The molecule has 6 N–H and O–H groups in total. The molecule has 3 heterocycles. The lowest BCUT2D eigenvalue weighted by Crippen LogP contribution is -2.46. The lowest BCUT2D eigenvalue weighted by Gasteiger charge is -2.34. The summed E-state index contributed by atoms with van der Waals surface area (Å²) in [5, 5.41) is 10.1. The van der Waals surface area contributed by atoms with E-state index in [9.17, 15) is 0 Å². The number of thiophene rings is 1. The van der Waals surface area contributed by atoms with Crippen LogP contribution in [0.15, 0.2) is 23.3 Å². The first-order valence-corrected chi connectivity index (χ1v) is 8.04. The Labute approximate surface area is 126 Å². The molecule has 0 bridgehead atoms. The SMILES string of the molecule is NC1=NC(N)(C2CCCC2)c2sc(-c3ccn[nH]3)cc2N1. The second kappa shape index (κ2) is 4.57. The first-order valence-electron chi connectivity index (χ1n) is 7.22. The van der Waals surface area contributed by atoms with Crippen LogP contribution in [0.4, 0.5) is 5.69 Å². The van der Waals surface area contributed by atoms with Gasteiger partial charge in [-0.15, -0.1) is 11.3 Å². The molecule has 2 aliphatic rings. The van der Waals surface area contributed by atoms with Crippen LogP contribution in [0, 0.1) is 5.92 Å². The van der Waals surface area contributed by atoms with Gasteiger partial charge in [-0.1, -0.05) is 12.8 Å². The lowest BCUT2D eigenvalue weighted by atomic mass is 9.89. The third-order valence-electron chi connectivity index (χ3n) is 4.41. The highest BCUT2D eigenvalue weighted by Crippen LogP contribution is 2.48. The molecule has 7 heteroatoms. The minimum absolute atomic E-state index is 0.366. The minimum atomic E-state index is -0.690. The number of hydrogen-bond donors (Lipinski definition) is 4. The number of aromatic nitrogens is 2. The molecule has 2 aromatic rings. The molecule has 0 spiro atoms. The van der Waals surface area contributed by atoms with Crippen molar-refractivity contribution in [3.63, 3.8) is 0 Å². The number of aliphatic imine (C=N–C) groups is 1. The highest BCUT2D eigenvalue weighted by molar-refractivity contribution is 7.16. The summed E-state index contributed by atoms with van der Waals surface area (Å²) in [6.07, 6.45) is 6.42. The Hall–Kier alpha value is -1.86. The van der Waals surface area contributed by atoms with Gasteiger partial charge in [0, 0.05) is 12.1 Å². The number of H-pyrrole nitrogens is 1. The molecule has 1 aliphatic heterocycles. The standard InChI is InChI=1S/C14H18N6S/c15-13-18-10-7-11(9-5-6-17-20-9)21-12(10)14(16,19-13)8-3-1-2-4-8/h5-8H,1-4,16H2,(H,17,20)(H3,15,18,19). The van der Waals surface area contributed by atoms with Crippen molar-refractivity contribution in [2.45, 2.75) is 31.3 Å². The summed E-state index contributed by atoms with van der Waals surface area (Å²) in [5.41, 5.74) is 14.0. The van der Waals surface area contributed by atoms with Gasteiger partial charge in [0.2, 0.25) is 0 Å². The number of rotatable bonds is 2. The summed E-state index contributed by atoms with van der Waals surface area (Å²) in [6.45, 7) is 0. The van der Waals surface area contributed by atoms with Gasteiger partial charge in [0.15, 0.2) is 11.6 Å². The van der Waals surface area contributed by atoms with Crippen molar-refractivity contribution in [2.75, 3.05) is 5.32 Å². The van der Waals surface area contributed by atoms with Crippen LogP contribution >= 0.6 is 11.3 Å². The van der Waals surface area contributed by atoms with E-state index in [1.54, 1.807) is 17.5 Å². The summed E-state index contributed by atoms with van der Waals surface area (Å²) in [6, 6.07) is 4.03. The summed E-state index contributed by atoms with van der Waals surface area (Å²) in [5.74, 6) is 0.774. The third-order valence-corrected chi connectivity index (χ3v) is 5.72. The van der Waals surface area contributed by atoms with Crippen LogP contribution in [0.1, 0.15) is 30.6 Å². The number of nitrogens with zero attached hydrogens (tertiary/aromatic N) is 2. The molecule has 0 amide bonds. The number of fused-ring (bicyclic) bond motifs is 1. The van der Waals surface area contributed by atoms with E-state index in [1.807, 2.05) is 6.07 Å². The first-order chi connectivity index (χ1) is 10.2. The topological polar surface area (TPSA) is 105 Å². The molecule has 110 valence electrons. The van der Waals surface area contributed by atoms with Crippen LogP contribution in [-0.4, -0.2) is 16.2 Å². The Kier molecular flexibility index (Phi) is 2.80. The van der Waals surface area contributed by atoms with Crippen molar-refractivity contribution in [1.82, 2.24) is 10.2 Å². The fourth-order valence-electron chi connectivity index (χ4n) is 3.37. The van der Waals surface area contributed by atoms with Gasteiger partial charge >= 0.3 is 0 Å². The van der Waals surface area contributed by atoms with Crippen LogP contribution in [0.2, 0.25) is 0 Å². The zero-order chi connectivity index (χ0) is 14.4. The quantitative estimate of drug-likeness (QED) is 0.682. The van der Waals surface area contributed by atoms with Crippen molar-refractivity contribution in [3.8, 4) is 10.6 Å². The van der Waals surface area contributed by atoms with E-state index in [-0.39, 0.29) is 0 Å². The Morgan fingerprint density at radius 1 is 1.33 bits per heavy atom. The zero-order valence-electron chi connectivity index (χ0n) is 11.6. The third kappa shape index (κ3) is 1.96. The molecular weight excluding hydrogens is 284 g/mol. The Morgan fingerprint density at radius 2 is 2.14 bits per heavy atom. The van der Waals surface area contributed by atoms with E-state index in [0.717, 1.165) is 34.0 Å². The van der Waals surface area contributed by atoms with Crippen molar-refractivity contribution in [3.05, 3.63) is 23.2 Å². The first kappa shape index (κ1) is 12.8. The lowest BCUT2D eigenvalue weighted by molar-refractivity contribution is 0.296. The van der Waals surface area contributed by atoms with Gasteiger partial charge in [0.1, 0.15) is 0 Å². The van der Waals surface area contributed by atoms with Gasteiger partial charge < -0.3 is 16.8 Å². The van der Waals surface area contributed by atoms with Crippen LogP contribution < -0.4 is 16.8 Å². The predicted molar refractivity (Wildman–Crippen MR) is 85.0 cm³/mol. The molecule has 1 fully saturated rings. The fourth-order valence-corrected chi connectivity index (χ4v) is 4.58. The zero-order valence-corrected chi connectivity index (χ0v) is 12.4. The highest BCUT2D eigenvalue weighted by Gasteiger charge is 2.43. The summed E-state index contributed by atoms with van der Waals surface area (Å²) >= 11 is 1.67. The average Bonchev–Trinajstić information content (AvgIpc) is 3.19. The minimum Gasteiger partial charge on any atom is -0.370 e. The largest absolute Gasteiger partial charge is 0.370 e. The van der Waals surface area contributed by atoms with E-state index in [0.29, 0.717) is 11.9 Å². The molecule has 0 aromatic carbocycles. The number of aromatic amines is 1. The van der Waals surface area contributed by atoms with E-state index in [2.05, 4.69) is 26.6 Å². The number of nitrogens with two attached hydrogens (primary N) is 2. The molecule has 21 heavy (non-hydrogen) atoms. The second-order valence-electron chi connectivity index (χ2n) is 5.75. The predicted octanol–water partition coefficient (Wildman–Crippen LogP) is 2.18. The Balaban J connectivity index is 1.81. The molecule has 1 saturated carbocycles. The van der Waals surface area contributed by atoms with E-state index in [4.69, 9.17) is 11.5 Å². The Bertz CT molecular complexity index is 682. The fraction of sp³-hybridized carbons (Fsp3) is 0.429. The van der Waals surface area contributed by atoms with Crippen LogP contribution in [0.5, 0.6) is 0 Å². The van der Waals surface area contributed by atoms with Gasteiger partial charge in [0.05, 0.1) is 21.1 Å². The maximum Gasteiger partial charge on any atom is 0.195 e. The molecule has 1 unspecified atom stereocenters. The van der Waals surface area contributed by atoms with Gasteiger partial charge in [-0.3, -0.25) is 5.10 Å². The van der Waals surface area contributed by atoms with Gasteiger partial charge in [-0.2, -0.15) is 5.10 Å². The maximum atomic E-state index is 6.71. The number of nitrogens with one attached hydrogen (secondary N) is 2. The number of hydrogen-bond acceptors (Lipinski definition) is 6. The molecule has 1 atom stereocenters. The van der Waals surface area contributed by atoms with Crippen molar-refractivity contribution >= 4 is 23.0 Å². The van der Waals surface area contributed by atoms with E-state index >= 15 is 0 Å². The molecule has 6 nitrogen and oxygen atoms in total.